The van der Waals surface area contributed by atoms with Crippen LogP contribution >= 0.6 is 0 Å². The zero-order valence-electron chi connectivity index (χ0n) is 29.7. The van der Waals surface area contributed by atoms with Gasteiger partial charge >= 0.3 is 6.03 Å². The van der Waals surface area contributed by atoms with Gasteiger partial charge in [-0.15, -0.1) is 0 Å². The van der Waals surface area contributed by atoms with Crippen molar-refractivity contribution in [2.45, 2.75) is 97.8 Å². The van der Waals surface area contributed by atoms with Crippen LogP contribution in [0.4, 0.5) is 13.6 Å². The maximum Gasteiger partial charge on any atom is 0.315 e. The first-order chi connectivity index (χ1) is 22.1. The highest BCUT2D eigenvalue weighted by atomic mass is 32.2. The normalized spacial score (nSPS) is 19.9. The molecule has 0 aliphatic carbocycles. The topological polar surface area (TPSA) is 169 Å². The Kier molecular flexibility index (Phi) is 15.5. The minimum atomic E-state index is -3.52. The van der Waals surface area contributed by atoms with E-state index >= 15 is 0 Å². The molecule has 48 heavy (non-hydrogen) atoms. The van der Waals surface area contributed by atoms with Crippen molar-refractivity contribution in [2.24, 2.45) is 10.8 Å². The van der Waals surface area contributed by atoms with E-state index in [4.69, 9.17) is 4.74 Å². The zero-order valence-corrected chi connectivity index (χ0v) is 30.6. The third-order valence-corrected chi connectivity index (χ3v) is 9.97. The molecule has 2 heterocycles. The van der Waals surface area contributed by atoms with Gasteiger partial charge in [0.2, 0.25) is 34.2 Å². The first kappa shape index (κ1) is 41.5. The molecule has 2 aliphatic rings. The van der Waals surface area contributed by atoms with Gasteiger partial charge in [0.1, 0.15) is 18.1 Å². The van der Waals surface area contributed by atoms with E-state index in [1.807, 2.05) is 20.8 Å². The number of hydrogen-bond acceptors (Lipinski definition) is 8. The van der Waals surface area contributed by atoms with Gasteiger partial charge in [-0.05, 0) is 36.6 Å². The fourth-order valence-corrected chi connectivity index (χ4v) is 5.94. The van der Waals surface area contributed by atoms with Crippen molar-refractivity contribution < 1.29 is 41.1 Å². The number of nitrogens with one attached hydrogen (secondary N) is 4. The fourth-order valence-electron chi connectivity index (χ4n) is 5.52. The SMILES string of the molecule is CN(C[C@@H](NC(=O)N[C@H](C(=O)N1CCC[C@H]1C(=O)N[C@@H](CC(F)F)C(=O)NCCCN1CCOCC1)C(C)(C)C)C(C)(C)C)S(C)(=O)=O. The number of amides is 5. The van der Waals surface area contributed by atoms with Gasteiger partial charge in [0.05, 0.1) is 19.5 Å². The number of carbonyl (C=O) groups excluding carboxylic acids is 4. The van der Waals surface area contributed by atoms with Crippen LogP contribution in [0.15, 0.2) is 0 Å². The van der Waals surface area contributed by atoms with Crippen LogP contribution in [0.25, 0.3) is 0 Å². The van der Waals surface area contributed by atoms with Gasteiger partial charge < -0.3 is 30.9 Å². The number of likely N-dealkylation sites (N-methyl/N-ethyl adjacent to an activating group) is 1. The summed E-state index contributed by atoms with van der Waals surface area (Å²) in [4.78, 5) is 57.0. The smallest absolute Gasteiger partial charge is 0.315 e. The summed E-state index contributed by atoms with van der Waals surface area (Å²) in [7, 11) is -2.11. The minimum Gasteiger partial charge on any atom is -0.379 e. The average Bonchev–Trinajstić information content (AvgIpc) is 3.46. The van der Waals surface area contributed by atoms with Crippen molar-refractivity contribution in [2.75, 3.05) is 65.8 Å². The Bertz CT molecular complexity index is 1200. The standard InChI is InChI=1S/C31H57F2N7O7S/c1-30(2,3)23(20-38(7)48(8,45)46)36-29(44)37-25(31(4,5)6)28(43)40-14-9-11-22(40)27(42)35-21(19-24(32)33)26(41)34-12-10-13-39-15-17-47-18-16-39/h21-25H,9-20H2,1-8H3,(H,34,41)(H,35,42)(H2,36,37,44)/t21-,22-,23+,25+/m0/s1. The van der Waals surface area contributed by atoms with Gasteiger partial charge in [0.25, 0.3) is 0 Å². The van der Waals surface area contributed by atoms with Crippen molar-refractivity contribution >= 4 is 33.8 Å². The summed E-state index contributed by atoms with van der Waals surface area (Å²) in [6, 6.07) is -4.90. The van der Waals surface area contributed by atoms with E-state index in [-0.39, 0.29) is 26.1 Å². The number of urea groups is 1. The van der Waals surface area contributed by atoms with Crippen LogP contribution in [0.2, 0.25) is 0 Å². The molecule has 0 aromatic heterocycles. The summed E-state index contributed by atoms with van der Waals surface area (Å²) >= 11 is 0. The van der Waals surface area contributed by atoms with Crippen molar-refractivity contribution in [1.82, 2.24) is 35.4 Å². The van der Waals surface area contributed by atoms with Crippen LogP contribution < -0.4 is 21.3 Å². The molecule has 0 radical (unpaired) electrons. The number of carbonyl (C=O) groups is 4. The molecule has 14 nitrogen and oxygen atoms in total. The number of alkyl halides is 2. The number of nitrogens with zero attached hydrogens (tertiary/aromatic N) is 3. The van der Waals surface area contributed by atoms with E-state index in [1.54, 1.807) is 20.8 Å². The van der Waals surface area contributed by atoms with Gasteiger partial charge in [-0.1, -0.05) is 41.5 Å². The summed E-state index contributed by atoms with van der Waals surface area (Å²) in [6.07, 6.45) is -1.34. The molecule has 2 aliphatic heterocycles. The van der Waals surface area contributed by atoms with Crippen molar-refractivity contribution in [3.63, 3.8) is 0 Å². The predicted molar refractivity (Wildman–Crippen MR) is 178 cm³/mol. The molecular formula is C31H57F2N7O7S. The zero-order chi connectivity index (χ0) is 36.4. The molecule has 278 valence electrons. The maximum absolute atomic E-state index is 13.9. The molecule has 17 heteroatoms. The molecule has 0 aromatic carbocycles. The highest BCUT2D eigenvalue weighted by molar-refractivity contribution is 7.88. The van der Waals surface area contributed by atoms with Crippen molar-refractivity contribution in [3.8, 4) is 0 Å². The quantitative estimate of drug-likeness (QED) is 0.183. The highest BCUT2D eigenvalue weighted by Crippen LogP contribution is 2.27. The second kappa shape index (κ2) is 17.9. The number of halogens is 2. The minimum absolute atomic E-state index is 0.000507. The first-order valence-electron chi connectivity index (χ1n) is 16.6. The Morgan fingerprint density at radius 1 is 0.958 bits per heavy atom. The summed E-state index contributed by atoms with van der Waals surface area (Å²) in [6.45, 7) is 14.8. The highest BCUT2D eigenvalue weighted by Gasteiger charge is 2.43. The Morgan fingerprint density at radius 2 is 1.58 bits per heavy atom. The van der Waals surface area contributed by atoms with Gasteiger partial charge in [-0.3, -0.25) is 19.3 Å². The van der Waals surface area contributed by atoms with Crippen LogP contribution in [-0.2, 0) is 29.1 Å². The molecular weight excluding hydrogens is 652 g/mol. The number of ether oxygens (including phenoxy) is 1. The lowest BCUT2D eigenvalue weighted by Crippen LogP contribution is -2.62. The number of rotatable bonds is 15. The summed E-state index contributed by atoms with van der Waals surface area (Å²) in [5, 5.41) is 10.6. The first-order valence-corrected chi connectivity index (χ1v) is 18.4. The Hall–Kier alpha value is -2.63. The van der Waals surface area contributed by atoms with Crippen LogP contribution in [-0.4, -0.2) is 143 Å². The van der Waals surface area contributed by atoms with E-state index in [9.17, 15) is 36.4 Å². The lowest BCUT2D eigenvalue weighted by molar-refractivity contribution is -0.142. The van der Waals surface area contributed by atoms with E-state index in [0.717, 1.165) is 23.7 Å². The van der Waals surface area contributed by atoms with Crippen molar-refractivity contribution in [1.29, 1.82) is 0 Å². The monoisotopic (exact) mass is 709 g/mol. The Balaban J connectivity index is 2.10. The van der Waals surface area contributed by atoms with Crippen molar-refractivity contribution in [3.05, 3.63) is 0 Å². The summed E-state index contributed by atoms with van der Waals surface area (Å²) in [5.41, 5.74) is -1.35. The molecule has 2 fully saturated rings. The van der Waals surface area contributed by atoms with E-state index in [0.29, 0.717) is 32.6 Å². The molecule has 4 atom stereocenters. The van der Waals surface area contributed by atoms with Gasteiger partial charge in [-0.25, -0.2) is 26.3 Å². The lowest BCUT2D eigenvalue weighted by atomic mass is 9.85. The molecule has 0 bridgehead atoms. The molecule has 4 N–H and O–H groups in total. The number of sulfonamides is 1. The fraction of sp³-hybridized carbons (Fsp3) is 0.871. The second-order valence-corrected chi connectivity index (χ2v) is 16.9. The van der Waals surface area contributed by atoms with E-state index < -0.39 is 81.6 Å². The Labute approximate surface area is 284 Å². The van der Waals surface area contributed by atoms with E-state index in [1.165, 1.54) is 11.9 Å². The molecule has 2 rings (SSSR count). The summed E-state index contributed by atoms with van der Waals surface area (Å²) < 4.78 is 57.5. The summed E-state index contributed by atoms with van der Waals surface area (Å²) in [5.74, 6) is -1.97. The van der Waals surface area contributed by atoms with Crippen LogP contribution in [0, 0.1) is 10.8 Å². The largest absolute Gasteiger partial charge is 0.379 e. The van der Waals surface area contributed by atoms with E-state index in [2.05, 4.69) is 26.2 Å². The van der Waals surface area contributed by atoms with Crippen LogP contribution in [0.3, 0.4) is 0 Å². The molecule has 0 aromatic rings. The van der Waals surface area contributed by atoms with Gasteiger partial charge in [0.15, 0.2) is 0 Å². The predicted octanol–water partition coefficient (Wildman–Crippen LogP) is 0.976. The maximum atomic E-state index is 13.9. The molecule has 0 spiro atoms. The number of hydrogen-bond donors (Lipinski definition) is 4. The lowest BCUT2D eigenvalue weighted by Gasteiger charge is -2.37. The second-order valence-electron chi connectivity index (χ2n) is 14.9. The molecule has 5 amide bonds. The third kappa shape index (κ3) is 13.3. The average molecular weight is 710 g/mol. The van der Waals surface area contributed by atoms with Gasteiger partial charge in [-0.2, -0.15) is 0 Å². The Morgan fingerprint density at radius 3 is 2.12 bits per heavy atom. The van der Waals surface area contributed by atoms with Crippen LogP contribution in [0.1, 0.15) is 67.2 Å². The number of likely N-dealkylation sites (tertiary alicyclic amines) is 1. The van der Waals surface area contributed by atoms with Gasteiger partial charge in [0, 0.05) is 52.2 Å². The molecule has 0 saturated carbocycles. The molecule has 0 unspecified atom stereocenters. The van der Waals surface area contributed by atoms with Crippen LogP contribution in [0.5, 0.6) is 0 Å². The third-order valence-electron chi connectivity index (χ3n) is 8.68. The number of morpholine rings is 1. The molecule has 2 saturated heterocycles.